The van der Waals surface area contributed by atoms with Crippen molar-refractivity contribution >= 4 is 66.1 Å². The Hall–Kier alpha value is 0.280. The fraction of sp³-hybridized carbons (Fsp3) is 0.0769. The zero-order chi connectivity index (χ0) is 14.2. The van der Waals surface area contributed by atoms with Crippen LogP contribution in [0.25, 0.3) is 0 Å². The van der Waals surface area contributed by atoms with E-state index in [-0.39, 0.29) is 9.85 Å². The van der Waals surface area contributed by atoms with Gasteiger partial charge in [0.05, 0.1) is 4.83 Å². The lowest BCUT2D eigenvalue weighted by Gasteiger charge is -2.15. The van der Waals surface area contributed by atoms with Gasteiger partial charge in [-0.05, 0) is 64.0 Å². The number of rotatable bonds is 2. The highest BCUT2D eigenvalue weighted by Gasteiger charge is 2.19. The first kappa shape index (κ1) is 15.7. The molecule has 2 aromatic rings. The van der Waals surface area contributed by atoms with Gasteiger partial charge in [-0.25, -0.2) is 8.78 Å². The van der Waals surface area contributed by atoms with E-state index in [1.54, 1.807) is 0 Å². The number of halogens is 6. The lowest BCUT2D eigenvalue weighted by molar-refractivity contribution is 0.507. The SMILES string of the molecule is Fc1cc(Cl)c(C(Br)c2cc(I)ccc2Br)cc1F. The first-order valence-electron chi connectivity index (χ1n) is 5.13. The Morgan fingerprint density at radius 2 is 1.68 bits per heavy atom. The number of alkyl halides is 1. The molecular formula is C13H6Br2ClF2I. The summed E-state index contributed by atoms with van der Waals surface area (Å²) in [6.07, 6.45) is 0. The van der Waals surface area contributed by atoms with Crippen molar-refractivity contribution in [3.63, 3.8) is 0 Å². The minimum absolute atomic E-state index is 0.187. The predicted molar refractivity (Wildman–Crippen MR) is 89.0 cm³/mol. The normalized spacial score (nSPS) is 12.5. The lowest BCUT2D eigenvalue weighted by atomic mass is 10.0. The van der Waals surface area contributed by atoms with Crippen LogP contribution < -0.4 is 0 Å². The van der Waals surface area contributed by atoms with Crippen molar-refractivity contribution in [2.45, 2.75) is 4.83 Å². The quantitative estimate of drug-likeness (QED) is 0.241. The fourth-order valence-electron chi connectivity index (χ4n) is 1.61. The standard InChI is InChI=1S/C13H6Br2ClF2I/c14-9-2-1-6(19)3-7(9)13(15)8-4-11(17)12(18)5-10(8)16/h1-5,13H. The van der Waals surface area contributed by atoms with Crippen molar-refractivity contribution in [1.29, 1.82) is 0 Å². The van der Waals surface area contributed by atoms with E-state index in [1.807, 2.05) is 18.2 Å². The summed E-state index contributed by atoms with van der Waals surface area (Å²) in [5, 5.41) is 0.187. The van der Waals surface area contributed by atoms with Gasteiger partial charge >= 0.3 is 0 Å². The Bertz CT molecular complexity index is 634. The second-order valence-corrected chi connectivity index (χ2v) is 7.24. The summed E-state index contributed by atoms with van der Waals surface area (Å²) in [5.74, 6) is -1.86. The van der Waals surface area contributed by atoms with Gasteiger partial charge < -0.3 is 0 Å². The molecule has 0 saturated carbocycles. The average Bonchev–Trinajstić information content (AvgIpc) is 2.36. The molecule has 2 rings (SSSR count). The van der Waals surface area contributed by atoms with Gasteiger partial charge in [0, 0.05) is 13.1 Å². The number of hydrogen-bond donors (Lipinski definition) is 0. The molecule has 0 spiro atoms. The Morgan fingerprint density at radius 1 is 1.05 bits per heavy atom. The highest BCUT2D eigenvalue weighted by Crippen LogP contribution is 2.39. The first-order chi connectivity index (χ1) is 8.90. The summed E-state index contributed by atoms with van der Waals surface area (Å²) in [6.45, 7) is 0. The van der Waals surface area contributed by atoms with Gasteiger partial charge in [-0.1, -0.05) is 43.5 Å². The molecule has 6 heteroatoms. The molecule has 0 aliphatic carbocycles. The third kappa shape index (κ3) is 3.49. The highest BCUT2D eigenvalue weighted by molar-refractivity contribution is 14.1. The number of benzene rings is 2. The van der Waals surface area contributed by atoms with Crippen LogP contribution in [0.15, 0.2) is 34.8 Å². The van der Waals surface area contributed by atoms with E-state index in [0.717, 1.165) is 25.7 Å². The lowest BCUT2D eigenvalue weighted by Crippen LogP contribution is -1.98. The van der Waals surface area contributed by atoms with Gasteiger partial charge in [0.1, 0.15) is 0 Å². The van der Waals surface area contributed by atoms with Crippen LogP contribution in [0.2, 0.25) is 5.02 Å². The van der Waals surface area contributed by atoms with Crippen molar-refractivity contribution in [2.24, 2.45) is 0 Å². The van der Waals surface area contributed by atoms with Gasteiger partial charge in [-0.2, -0.15) is 0 Å². The molecule has 1 unspecified atom stereocenters. The van der Waals surface area contributed by atoms with Crippen LogP contribution in [0.4, 0.5) is 8.78 Å². The summed E-state index contributed by atoms with van der Waals surface area (Å²) in [5.41, 5.74) is 1.39. The monoisotopic (exact) mass is 520 g/mol. The van der Waals surface area contributed by atoms with Crippen LogP contribution in [0, 0.1) is 15.2 Å². The molecule has 0 N–H and O–H groups in total. The summed E-state index contributed by atoms with van der Waals surface area (Å²) < 4.78 is 28.3. The second-order valence-electron chi connectivity index (χ2n) is 3.82. The average molecular weight is 522 g/mol. The van der Waals surface area contributed by atoms with Gasteiger partial charge in [0.25, 0.3) is 0 Å². The Balaban J connectivity index is 2.52. The summed E-state index contributed by atoms with van der Waals surface area (Å²) in [7, 11) is 0. The van der Waals surface area contributed by atoms with E-state index in [9.17, 15) is 8.78 Å². The zero-order valence-corrected chi connectivity index (χ0v) is 15.3. The molecule has 0 bridgehead atoms. The van der Waals surface area contributed by atoms with Gasteiger partial charge in [-0.3, -0.25) is 0 Å². The van der Waals surface area contributed by atoms with Crippen LogP contribution in [-0.4, -0.2) is 0 Å². The molecule has 100 valence electrons. The van der Waals surface area contributed by atoms with Crippen LogP contribution in [-0.2, 0) is 0 Å². The molecule has 0 nitrogen and oxygen atoms in total. The first-order valence-corrected chi connectivity index (χ1v) is 8.30. The maximum Gasteiger partial charge on any atom is 0.160 e. The van der Waals surface area contributed by atoms with Crippen molar-refractivity contribution in [3.8, 4) is 0 Å². The second kappa shape index (κ2) is 6.37. The molecule has 0 aromatic heterocycles. The Labute approximate surface area is 144 Å². The maximum atomic E-state index is 13.3. The van der Waals surface area contributed by atoms with E-state index in [0.29, 0.717) is 5.56 Å². The molecule has 0 aliphatic heterocycles. The van der Waals surface area contributed by atoms with Crippen LogP contribution in [0.5, 0.6) is 0 Å². The topological polar surface area (TPSA) is 0 Å². The third-order valence-corrected chi connectivity index (χ3v) is 5.25. The minimum Gasteiger partial charge on any atom is -0.204 e. The molecule has 0 fully saturated rings. The van der Waals surface area contributed by atoms with Gasteiger partial charge in [0.2, 0.25) is 0 Å². The van der Waals surface area contributed by atoms with Crippen molar-refractivity contribution in [1.82, 2.24) is 0 Å². The third-order valence-electron chi connectivity index (χ3n) is 2.54. The summed E-state index contributed by atoms with van der Waals surface area (Å²) >= 11 is 15.1. The van der Waals surface area contributed by atoms with Crippen LogP contribution >= 0.6 is 66.1 Å². The molecule has 0 aliphatic rings. The van der Waals surface area contributed by atoms with Gasteiger partial charge in [0.15, 0.2) is 11.6 Å². The highest BCUT2D eigenvalue weighted by atomic mass is 127. The van der Waals surface area contributed by atoms with Crippen molar-refractivity contribution in [3.05, 3.63) is 66.2 Å². The van der Waals surface area contributed by atoms with Gasteiger partial charge in [-0.15, -0.1) is 0 Å². The molecule has 0 amide bonds. The zero-order valence-electron chi connectivity index (χ0n) is 9.23. The molecule has 0 radical (unpaired) electrons. The van der Waals surface area contributed by atoms with E-state index in [1.165, 1.54) is 0 Å². The molecule has 0 saturated heterocycles. The number of hydrogen-bond acceptors (Lipinski definition) is 0. The van der Waals surface area contributed by atoms with E-state index in [2.05, 4.69) is 54.5 Å². The molecular weight excluding hydrogens is 516 g/mol. The summed E-state index contributed by atoms with van der Waals surface area (Å²) in [4.78, 5) is -0.320. The maximum absolute atomic E-state index is 13.3. The molecule has 1 atom stereocenters. The van der Waals surface area contributed by atoms with Crippen LogP contribution in [0.1, 0.15) is 16.0 Å². The smallest absolute Gasteiger partial charge is 0.160 e. The van der Waals surface area contributed by atoms with E-state index < -0.39 is 11.6 Å². The summed E-state index contributed by atoms with van der Waals surface area (Å²) in [6, 6.07) is 7.90. The van der Waals surface area contributed by atoms with E-state index >= 15 is 0 Å². The van der Waals surface area contributed by atoms with Crippen molar-refractivity contribution < 1.29 is 8.78 Å². The van der Waals surface area contributed by atoms with Crippen LogP contribution in [0.3, 0.4) is 0 Å². The predicted octanol–water partition coefficient (Wildman–Crippen LogP) is 6.47. The molecule has 19 heavy (non-hydrogen) atoms. The Kier molecular flexibility index (Phi) is 5.25. The minimum atomic E-state index is -0.949. The molecule has 0 heterocycles. The molecule has 2 aromatic carbocycles. The fourth-order valence-corrected chi connectivity index (χ4v) is 4.06. The van der Waals surface area contributed by atoms with Crippen molar-refractivity contribution in [2.75, 3.05) is 0 Å². The van der Waals surface area contributed by atoms with E-state index in [4.69, 9.17) is 11.6 Å². The Morgan fingerprint density at radius 3 is 2.37 bits per heavy atom. The largest absolute Gasteiger partial charge is 0.204 e.